The first-order chi connectivity index (χ1) is 3.93. The lowest BCUT2D eigenvalue weighted by Crippen LogP contribution is -2.25. The quantitative estimate of drug-likeness (QED) is 0.506. The van der Waals surface area contributed by atoms with E-state index in [1.54, 1.807) is 0 Å². The molecule has 0 spiro atoms. The fourth-order valence-corrected chi connectivity index (χ4v) is 0.915. The molecule has 8 heavy (non-hydrogen) atoms. The van der Waals surface area contributed by atoms with Crippen LogP contribution in [0, 0.1) is 5.92 Å². The molecule has 0 aliphatic carbocycles. The Bertz CT molecular complexity index is 57.5. The molecule has 2 radical (unpaired) electrons. The fourth-order valence-electron chi connectivity index (χ4n) is 0.915. The van der Waals surface area contributed by atoms with E-state index in [-0.39, 0.29) is 0 Å². The molecular weight excluding hydrogens is 100 g/mol. The van der Waals surface area contributed by atoms with Gasteiger partial charge in [0.05, 0.1) is 0 Å². The molecular formula is C6H12N2. The van der Waals surface area contributed by atoms with E-state index < -0.39 is 0 Å². The fraction of sp³-hybridized carbons (Fsp3) is 0.833. The molecule has 1 aliphatic rings. The van der Waals surface area contributed by atoms with Crippen LogP contribution in [0.15, 0.2) is 0 Å². The van der Waals surface area contributed by atoms with Gasteiger partial charge in [0.2, 0.25) is 0 Å². The maximum absolute atomic E-state index is 5.42. The summed E-state index contributed by atoms with van der Waals surface area (Å²) in [7, 11) is 0. The molecule has 1 saturated heterocycles. The second-order valence-corrected chi connectivity index (χ2v) is 2.12. The van der Waals surface area contributed by atoms with Crippen molar-refractivity contribution >= 4 is 0 Å². The summed E-state index contributed by atoms with van der Waals surface area (Å²) in [5.41, 5.74) is 5.42. The maximum atomic E-state index is 5.42. The predicted octanol–water partition coefficient (Wildman–Crippen LogP) is -0.0822. The Morgan fingerprint density at radius 2 is 2.00 bits per heavy atom. The molecule has 1 aliphatic heterocycles. The molecule has 0 bridgehead atoms. The van der Waals surface area contributed by atoms with Crippen molar-refractivity contribution in [3.63, 3.8) is 0 Å². The average molecular weight is 112 g/mol. The summed E-state index contributed by atoms with van der Waals surface area (Å²) in [5.74, 6) is 1.49. The van der Waals surface area contributed by atoms with Crippen molar-refractivity contribution in [3.8, 4) is 0 Å². The van der Waals surface area contributed by atoms with Gasteiger partial charge in [-0.1, -0.05) is 0 Å². The SMILES string of the molecule is NC[C]1CC[N]CC1. The summed E-state index contributed by atoms with van der Waals surface area (Å²) in [6.07, 6.45) is 2.27. The van der Waals surface area contributed by atoms with E-state index in [0.717, 1.165) is 32.5 Å². The van der Waals surface area contributed by atoms with Crippen molar-refractivity contribution in [1.82, 2.24) is 5.32 Å². The Hall–Kier alpha value is -0.0800. The van der Waals surface area contributed by atoms with Gasteiger partial charge in [-0.05, 0) is 25.3 Å². The zero-order chi connectivity index (χ0) is 5.82. The minimum atomic E-state index is 0.773. The third-order valence-electron chi connectivity index (χ3n) is 1.54. The van der Waals surface area contributed by atoms with E-state index in [9.17, 15) is 0 Å². The van der Waals surface area contributed by atoms with E-state index in [0.29, 0.717) is 0 Å². The van der Waals surface area contributed by atoms with Gasteiger partial charge in [0.25, 0.3) is 0 Å². The third-order valence-corrected chi connectivity index (χ3v) is 1.54. The number of nitrogens with zero attached hydrogens (tertiary/aromatic N) is 1. The van der Waals surface area contributed by atoms with Crippen LogP contribution in [0.1, 0.15) is 12.8 Å². The van der Waals surface area contributed by atoms with Gasteiger partial charge in [0.15, 0.2) is 0 Å². The number of rotatable bonds is 1. The van der Waals surface area contributed by atoms with Gasteiger partial charge in [0, 0.05) is 13.1 Å². The molecule has 0 aromatic heterocycles. The summed E-state index contributed by atoms with van der Waals surface area (Å²) >= 11 is 0. The smallest absolute Gasteiger partial charge is 0.0139 e. The Morgan fingerprint density at radius 3 is 2.38 bits per heavy atom. The Morgan fingerprint density at radius 1 is 1.38 bits per heavy atom. The van der Waals surface area contributed by atoms with Crippen LogP contribution >= 0.6 is 0 Å². The third kappa shape index (κ3) is 1.46. The molecule has 2 N–H and O–H groups in total. The van der Waals surface area contributed by atoms with E-state index in [1.807, 2.05) is 0 Å². The van der Waals surface area contributed by atoms with Crippen molar-refractivity contribution < 1.29 is 0 Å². The van der Waals surface area contributed by atoms with Crippen LogP contribution in [0.3, 0.4) is 0 Å². The Labute approximate surface area is 50.4 Å². The van der Waals surface area contributed by atoms with Gasteiger partial charge in [-0.3, -0.25) is 0 Å². The summed E-state index contributed by atoms with van der Waals surface area (Å²) in [4.78, 5) is 0. The Kier molecular flexibility index (Phi) is 2.30. The van der Waals surface area contributed by atoms with Gasteiger partial charge in [-0.15, -0.1) is 0 Å². The molecule has 0 unspecified atom stereocenters. The normalized spacial score (nSPS) is 23.6. The molecule has 1 heterocycles. The highest BCUT2D eigenvalue weighted by molar-refractivity contribution is 4.94. The topological polar surface area (TPSA) is 40.1 Å². The summed E-state index contributed by atoms with van der Waals surface area (Å²) in [5, 5.41) is 4.20. The Balaban J connectivity index is 2.13. The second kappa shape index (κ2) is 3.05. The van der Waals surface area contributed by atoms with Crippen LogP contribution in [0.25, 0.3) is 0 Å². The first kappa shape index (κ1) is 6.05. The zero-order valence-electron chi connectivity index (χ0n) is 5.06. The van der Waals surface area contributed by atoms with Crippen LogP contribution in [0.5, 0.6) is 0 Å². The minimum absolute atomic E-state index is 0.773. The number of hydrogen-bond donors (Lipinski definition) is 1. The second-order valence-electron chi connectivity index (χ2n) is 2.12. The molecule has 0 amide bonds. The van der Waals surface area contributed by atoms with E-state index in [4.69, 9.17) is 5.73 Å². The first-order valence-corrected chi connectivity index (χ1v) is 3.10. The lowest BCUT2D eigenvalue weighted by molar-refractivity contribution is 0.531. The number of hydrogen-bond acceptors (Lipinski definition) is 1. The van der Waals surface area contributed by atoms with Crippen LogP contribution in [-0.2, 0) is 0 Å². The molecule has 46 valence electrons. The van der Waals surface area contributed by atoms with Gasteiger partial charge < -0.3 is 5.73 Å². The average Bonchev–Trinajstić information content (AvgIpc) is 1.90. The molecule has 0 aromatic carbocycles. The number of nitrogens with two attached hydrogens (primary N) is 1. The molecule has 2 heteroatoms. The van der Waals surface area contributed by atoms with Crippen LogP contribution in [-0.4, -0.2) is 19.6 Å². The first-order valence-electron chi connectivity index (χ1n) is 3.10. The highest BCUT2D eigenvalue weighted by atomic mass is 14.9. The predicted molar refractivity (Wildman–Crippen MR) is 33.4 cm³/mol. The van der Waals surface area contributed by atoms with Crippen molar-refractivity contribution in [3.05, 3.63) is 5.92 Å². The highest BCUT2D eigenvalue weighted by Crippen LogP contribution is 2.11. The van der Waals surface area contributed by atoms with Crippen molar-refractivity contribution in [2.24, 2.45) is 5.73 Å². The van der Waals surface area contributed by atoms with Crippen molar-refractivity contribution in [2.75, 3.05) is 19.6 Å². The monoisotopic (exact) mass is 112 g/mol. The van der Waals surface area contributed by atoms with Crippen molar-refractivity contribution in [1.29, 1.82) is 0 Å². The van der Waals surface area contributed by atoms with Crippen LogP contribution in [0.2, 0.25) is 0 Å². The van der Waals surface area contributed by atoms with E-state index >= 15 is 0 Å². The summed E-state index contributed by atoms with van der Waals surface area (Å²) < 4.78 is 0. The molecule has 1 rings (SSSR count). The van der Waals surface area contributed by atoms with Crippen molar-refractivity contribution in [2.45, 2.75) is 12.8 Å². The number of piperidine rings is 1. The van der Waals surface area contributed by atoms with Crippen LogP contribution in [0.4, 0.5) is 0 Å². The largest absolute Gasteiger partial charge is 0.330 e. The summed E-state index contributed by atoms with van der Waals surface area (Å²) in [6.45, 7) is 2.79. The molecule has 2 nitrogen and oxygen atoms in total. The lowest BCUT2D eigenvalue weighted by Gasteiger charge is -2.18. The van der Waals surface area contributed by atoms with Gasteiger partial charge in [-0.25, -0.2) is 5.32 Å². The molecule has 0 atom stereocenters. The van der Waals surface area contributed by atoms with Gasteiger partial charge in [-0.2, -0.15) is 0 Å². The molecule has 1 fully saturated rings. The highest BCUT2D eigenvalue weighted by Gasteiger charge is 2.10. The molecule has 0 saturated carbocycles. The van der Waals surface area contributed by atoms with Gasteiger partial charge in [0.1, 0.15) is 0 Å². The minimum Gasteiger partial charge on any atom is -0.330 e. The van der Waals surface area contributed by atoms with E-state index in [1.165, 1.54) is 5.92 Å². The lowest BCUT2D eigenvalue weighted by atomic mass is 9.99. The van der Waals surface area contributed by atoms with Crippen LogP contribution < -0.4 is 11.1 Å². The van der Waals surface area contributed by atoms with E-state index in [2.05, 4.69) is 5.32 Å². The maximum Gasteiger partial charge on any atom is 0.0139 e. The zero-order valence-corrected chi connectivity index (χ0v) is 5.06. The summed E-state index contributed by atoms with van der Waals surface area (Å²) in [6, 6.07) is 0. The molecule has 0 aromatic rings. The standard InChI is InChI=1S/C6H12N2/c7-5-6-1-3-8-4-2-6/h1-5,7H2. The van der Waals surface area contributed by atoms with Gasteiger partial charge >= 0.3 is 0 Å².